The van der Waals surface area contributed by atoms with E-state index in [0.717, 1.165) is 31.2 Å². The molecule has 0 radical (unpaired) electrons. The normalized spacial score (nSPS) is 14.8. The van der Waals surface area contributed by atoms with Crippen molar-refractivity contribution in [3.05, 3.63) is 53.6 Å². The highest BCUT2D eigenvalue weighted by Gasteiger charge is 2.30. The molecule has 0 spiro atoms. The molecular formula is C23H30N2O4S. The molecule has 1 saturated heterocycles. The summed E-state index contributed by atoms with van der Waals surface area (Å²) in [7, 11) is -2.37. The molecule has 1 aliphatic rings. The molecule has 0 aliphatic carbocycles. The number of sulfonamides is 1. The second kappa shape index (κ2) is 9.51. The fourth-order valence-electron chi connectivity index (χ4n) is 3.71. The molecule has 162 valence electrons. The fraction of sp³-hybridized carbons (Fsp3) is 0.435. The van der Waals surface area contributed by atoms with Crippen LogP contribution in [0.25, 0.3) is 0 Å². The summed E-state index contributed by atoms with van der Waals surface area (Å²) in [6.45, 7) is 4.77. The van der Waals surface area contributed by atoms with Gasteiger partial charge >= 0.3 is 0 Å². The Morgan fingerprint density at radius 2 is 1.63 bits per heavy atom. The number of methoxy groups -OCH3 is 1. The van der Waals surface area contributed by atoms with Crippen molar-refractivity contribution < 1.29 is 17.9 Å². The van der Waals surface area contributed by atoms with Gasteiger partial charge < -0.3 is 9.64 Å². The second-order valence-corrected chi connectivity index (χ2v) is 9.60. The molecule has 3 rings (SSSR count). The SMILES string of the molecule is COc1ccc(N(CC(=O)N2CCCCCC2)S(=O)(=O)c2cc(C)ccc2C)cc1. The van der Waals surface area contributed by atoms with Gasteiger partial charge in [-0.25, -0.2) is 8.42 Å². The molecule has 0 bridgehead atoms. The number of hydrogen-bond donors (Lipinski definition) is 0. The first-order valence-corrected chi connectivity index (χ1v) is 11.8. The van der Waals surface area contributed by atoms with Crippen LogP contribution in [0.3, 0.4) is 0 Å². The van der Waals surface area contributed by atoms with E-state index in [1.54, 1.807) is 55.3 Å². The molecule has 1 aliphatic heterocycles. The van der Waals surface area contributed by atoms with Crippen molar-refractivity contribution in [3.63, 3.8) is 0 Å². The standard InChI is InChI=1S/C23H30N2O4S/c1-18-8-9-19(2)22(16-18)30(27,28)25(20-10-12-21(29-3)13-11-20)17-23(26)24-14-6-4-5-7-15-24/h8-13,16H,4-7,14-15,17H2,1-3H3. The first kappa shape index (κ1) is 22.2. The number of benzene rings is 2. The van der Waals surface area contributed by atoms with Crippen LogP contribution in [0.5, 0.6) is 5.75 Å². The van der Waals surface area contributed by atoms with Crippen LogP contribution in [0, 0.1) is 13.8 Å². The van der Waals surface area contributed by atoms with E-state index in [2.05, 4.69) is 0 Å². The van der Waals surface area contributed by atoms with Crippen LogP contribution in [0.15, 0.2) is 47.4 Å². The minimum Gasteiger partial charge on any atom is -0.497 e. The molecule has 30 heavy (non-hydrogen) atoms. The zero-order chi connectivity index (χ0) is 21.7. The fourth-order valence-corrected chi connectivity index (χ4v) is 5.44. The topological polar surface area (TPSA) is 66.9 Å². The predicted octanol–water partition coefficient (Wildman–Crippen LogP) is 3.91. The van der Waals surface area contributed by atoms with Gasteiger partial charge in [-0.2, -0.15) is 0 Å². The van der Waals surface area contributed by atoms with E-state index in [4.69, 9.17) is 4.74 Å². The quantitative estimate of drug-likeness (QED) is 0.697. The molecule has 2 aromatic carbocycles. The molecule has 0 N–H and O–H groups in total. The van der Waals surface area contributed by atoms with Gasteiger partial charge in [-0.15, -0.1) is 0 Å². The first-order valence-electron chi connectivity index (χ1n) is 10.3. The number of carbonyl (C=O) groups is 1. The maximum absolute atomic E-state index is 13.7. The van der Waals surface area contributed by atoms with Crippen LogP contribution in [0.4, 0.5) is 5.69 Å². The molecule has 1 heterocycles. The molecule has 6 nitrogen and oxygen atoms in total. The Hall–Kier alpha value is -2.54. The Morgan fingerprint density at radius 3 is 2.23 bits per heavy atom. The van der Waals surface area contributed by atoms with Crippen LogP contribution in [-0.2, 0) is 14.8 Å². The van der Waals surface area contributed by atoms with Crippen molar-refractivity contribution in [2.75, 3.05) is 31.0 Å². The summed E-state index contributed by atoms with van der Waals surface area (Å²) < 4.78 is 33.8. The number of likely N-dealkylation sites (tertiary alicyclic amines) is 1. The lowest BCUT2D eigenvalue weighted by Crippen LogP contribution is -2.43. The number of carbonyl (C=O) groups excluding carboxylic acids is 1. The molecule has 1 amide bonds. The summed E-state index contributed by atoms with van der Waals surface area (Å²) in [5.74, 6) is 0.461. The Morgan fingerprint density at radius 1 is 1.00 bits per heavy atom. The minimum atomic E-state index is -3.92. The van der Waals surface area contributed by atoms with E-state index in [-0.39, 0.29) is 17.3 Å². The van der Waals surface area contributed by atoms with Crippen molar-refractivity contribution in [3.8, 4) is 5.75 Å². The number of amides is 1. The lowest BCUT2D eigenvalue weighted by Gasteiger charge is -2.28. The molecule has 7 heteroatoms. The van der Waals surface area contributed by atoms with Crippen LogP contribution in [-0.4, -0.2) is 46.0 Å². The molecule has 2 aromatic rings. The lowest BCUT2D eigenvalue weighted by molar-refractivity contribution is -0.129. The highest BCUT2D eigenvalue weighted by Crippen LogP contribution is 2.28. The highest BCUT2D eigenvalue weighted by molar-refractivity contribution is 7.93. The highest BCUT2D eigenvalue weighted by atomic mass is 32.2. The average Bonchev–Trinajstić information content (AvgIpc) is 3.03. The van der Waals surface area contributed by atoms with Crippen molar-refractivity contribution in [2.45, 2.75) is 44.4 Å². The van der Waals surface area contributed by atoms with Crippen LogP contribution in [0.2, 0.25) is 0 Å². The van der Waals surface area contributed by atoms with E-state index in [9.17, 15) is 13.2 Å². The van der Waals surface area contributed by atoms with E-state index in [0.29, 0.717) is 30.1 Å². The number of anilines is 1. The Balaban J connectivity index is 2.00. The van der Waals surface area contributed by atoms with Gasteiger partial charge in [-0.1, -0.05) is 25.0 Å². The van der Waals surface area contributed by atoms with E-state index in [1.165, 1.54) is 4.31 Å². The Bertz CT molecular complexity index is 979. The van der Waals surface area contributed by atoms with Gasteiger partial charge in [-0.05, 0) is 68.1 Å². The monoisotopic (exact) mass is 430 g/mol. The summed E-state index contributed by atoms with van der Waals surface area (Å²) in [6, 6.07) is 12.1. The molecule has 0 unspecified atom stereocenters. The summed E-state index contributed by atoms with van der Waals surface area (Å²) >= 11 is 0. The number of hydrogen-bond acceptors (Lipinski definition) is 4. The molecular weight excluding hydrogens is 400 g/mol. The van der Waals surface area contributed by atoms with Gasteiger partial charge in [0.1, 0.15) is 12.3 Å². The van der Waals surface area contributed by atoms with Crippen molar-refractivity contribution in [1.82, 2.24) is 4.90 Å². The first-order chi connectivity index (χ1) is 14.3. The molecule has 0 atom stereocenters. The van der Waals surface area contributed by atoms with Gasteiger partial charge in [0.2, 0.25) is 5.91 Å². The Labute approximate surface area is 179 Å². The maximum Gasteiger partial charge on any atom is 0.265 e. The van der Waals surface area contributed by atoms with Crippen molar-refractivity contribution in [1.29, 1.82) is 0 Å². The zero-order valence-corrected chi connectivity index (χ0v) is 18.7. The molecule has 0 aromatic heterocycles. The zero-order valence-electron chi connectivity index (χ0n) is 17.9. The van der Waals surface area contributed by atoms with Crippen LogP contribution < -0.4 is 9.04 Å². The maximum atomic E-state index is 13.7. The second-order valence-electron chi connectivity index (χ2n) is 7.77. The lowest BCUT2D eigenvalue weighted by atomic mass is 10.2. The van der Waals surface area contributed by atoms with Gasteiger partial charge in [0.25, 0.3) is 10.0 Å². The third-order valence-electron chi connectivity index (χ3n) is 5.51. The summed E-state index contributed by atoms with van der Waals surface area (Å²) in [5, 5.41) is 0. The van der Waals surface area contributed by atoms with E-state index in [1.807, 2.05) is 13.0 Å². The summed E-state index contributed by atoms with van der Waals surface area (Å²) in [5.41, 5.74) is 1.95. The van der Waals surface area contributed by atoms with Gasteiger partial charge in [0.15, 0.2) is 0 Å². The van der Waals surface area contributed by atoms with Crippen molar-refractivity contribution in [2.24, 2.45) is 0 Å². The van der Waals surface area contributed by atoms with E-state index < -0.39 is 10.0 Å². The number of aryl methyl sites for hydroxylation is 2. The third kappa shape index (κ3) is 4.95. The molecule has 0 saturated carbocycles. The minimum absolute atomic E-state index is 0.165. The summed E-state index contributed by atoms with van der Waals surface area (Å²) in [6.07, 6.45) is 4.12. The number of ether oxygens (including phenoxy) is 1. The van der Waals surface area contributed by atoms with Crippen LogP contribution >= 0.6 is 0 Å². The number of rotatable bonds is 6. The van der Waals surface area contributed by atoms with Crippen molar-refractivity contribution >= 4 is 21.6 Å². The average molecular weight is 431 g/mol. The Kier molecular flexibility index (Phi) is 7.02. The van der Waals surface area contributed by atoms with Gasteiger partial charge in [0, 0.05) is 13.1 Å². The molecule has 1 fully saturated rings. The third-order valence-corrected chi connectivity index (χ3v) is 7.43. The van der Waals surface area contributed by atoms with Crippen LogP contribution in [0.1, 0.15) is 36.8 Å². The smallest absolute Gasteiger partial charge is 0.265 e. The summed E-state index contributed by atoms with van der Waals surface area (Å²) in [4.78, 5) is 15.1. The van der Waals surface area contributed by atoms with E-state index >= 15 is 0 Å². The van der Waals surface area contributed by atoms with Gasteiger partial charge in [-0.3, -0.25) is 9.10 Å². The number of nitrogens with zero attached hydrogens (tertiary/aromatic N) is 2. The predicted molar refractivity (Wildman–Crippen MR) is 118 cm³/mol. The largest absolute Gasteiger partial charge is 0.497 e. The van der Waals surface area contributed by atoms with Gasteiger partial charge in [0.05, 0.1) is 17.7 Å².